The van der Waals surface area contributed by atoms with E-state index in [2.05, 4.69) is 33.9 Å². The Kier molecular flexibility index (Phi) is 4.25. The van der Waals surface area contributed by atoms with Crippen LogP contribution in [-0.4, -0.2) is 16.5 Å². The summed E-state index contributed by atoms with van der Waals surface area (Å²) in [6, 6.07) is 10.4. The molecule has 0 aliphatic heterocycles. The van der Waals surface area contributed by atoms with Gasteiger partial charge in [-0.15, -0.1) is 0 Å². The molecular formula is C14H18N4. The second-order valence-electron chi connectivity index (χ2n) is 4.07. The van der Waals surface area contributed by atoms with E-state index in [1.807, 2.05) is 18.2 Å². The molecule has 0 unspecified atom stereocenters. The van der Waals surface area contributed by atoms with Gasteiger partial charge in [0, 0.05) is 19.6 Å². The number of nitrogens with zero attached hydrogens (tertiary/aromatic N) is 3. The van der Waals surface area contributed by atoms with E-state index in [-0.39, 0.29) is 0 Å². The van der Waals surface area contributed by atoms with E-state index in [1.54, 1.807) is 12.4 Å². The number of aromatic nitrogens is 2. The zero-order chi connectivity index (χ0) is 12.8. The summed E-state index contributed by atoms with van der Waals surface area (Å²) in [6.45, 7) is 4.28. The molecule has 0 aliphatic rings. The van der Waals surface area contributed by atoms with Crippen molar-refractivity contribution in [3.63, 3.8) is 0 Å². The van der Waals surface area contributed by atoms with Crippen molar-refractivity contribution in [3.05, 3.63) is 54.0 Å². The van der Waals surface area contributed by atoms with Crippen molar-refractivity contribution in [2.24, 2.45) is 5.73 Å². The van der Waals surface area contributed by atoms with Gasteiger partial charge in [-0.2, -0.15) is 0 Å². The van der Waals surface area contributed by atoms with Crippen LogP contribution in [0.25, 0.3) is 0 Å². The Morgan fingerprint density at radius 1 is 1.11 bits per heavy atom. The van der Waals surface area contributed by atoms with Gasteiger partial charge in [0.1, 0.15) is 5.82 Å². The number of hydrogen-bond acceptors (Lipinski definition) is 4. The van der Waals surface area contributed by atoms with E-state index in [9.17, 15) is 0 Å². The fraction of sp³-hybridized carbons (Fsp3) is 0.286. The van der Waals surface area contributed by atoms with Gasteiger partial charge in [0.25, 0.3) is 0 Å². The van der Waals surface area contributed by atoms with Crippen molar-refractivity contribution in [1.82, 2.24) is 9.97 Å². The van der Waals surface area contributed by atoms with E-state index in [0.717, 1.165) is 24.6 Å². The third kappa shape index (κ3) is 3.05. The topological polar surface area (TPSA) is 55.0 Å². The minimum atomic E-state index is 0.429. The molecular weight excluding hydrogens is 224 g/mol. The maximum absolute atomic E-state index is 5.52. The van der Waals surface area contributed by atoms with Gasteiger partial charge in [-0.3, -0.25) is 4.98 Å². The van der Waals surface area contributed by atoms with E-state index >= 15 is 0 Å². The minimum Gasteiger partial charge on any atom is -0.351 e. The average Bonchev–Trinajstić information content (AvgIpc) is 2.46. The number of anilines is 1. The van der Waals surface area contributed by atoms with E-state index in [1.165, 1.54) is 5.56 Å². The molecule has 0 saturated carbocycles. The summed E-state index contributed by atoms with van der Waals surface area (Å²) in [5.74, 6) is 0.888. The quantitative estimate of drug-likeness (QED) is 0.870. The van der Waals surface area contributed by atoms with Crippen LogP contribution in [0.5, 0.6) is 0 Å². The maximum atomic E-state index is 5.52. The molecule has 0 bridgehead atoms. The molecule has 0 saturated heterocycles. The molecule has 18 heavy (non-hydrogen) atoms. The van der Waals surface area contributed by atoms with Crippen molar-refractivity contribution < 1.29 is 0 Å². The van der Waals surface area contributed by atoms with Crippen LogP contribution < -0.4 is 10.6 Å². The van der Waals surface area contributed by atoms with Crippen LogP contribution >= 0.6 is 0 Å². The lowest BCUT2D eigenvalue weighted by Gasteiger charge is -2.21. The van der Waals surface area contributed by atoms with Crippen LogP contribution in [0.4, 0.5) is 5.82 Å². The average molecular weight is 242 g/mol. The van der Waals surface area contributed by atoms with Gasteiger partial charge in [0.15, 0.2) is 0 Å². The first-order valence-corrected chi connectivity index (χ1v) is 6.13. The van der Waals surface area contributed by atoms with Crippen molar-refractivity contribution >= 4 is 5.82 Å². The van der Waals surface area contributed by atoms with Crippen LogP contribution in [0, 0.1) is 0 Å². The van der Waals surface area contributed by atoms with Crippen molar-refractivity contribution in [3.8, 4) is 0 Å². The van der Waals surface area contributed by atoms with Crippen molar-refractivity contribution in [2.75, 3.05) is 11.4 Å². The Morgan fingerprint density at radius 3 is 2.44 bits per heavy atom. The SMILES string of the molecule is CCN(Cc1ccccc1)c1cnc(CN)cn1. The Balaban J connectivity index is 2.12. The minimum absolute atomic E-state index is 0.429. The zero-order valence-electron chi connectivity index (χ0n) is 10.6. The molecule has 0 radical (unpaired) electrons. The van der Waals surface area contributed by atoms with Gasteiger partial charge in [-0.25, -0.2) is 4.98 Å². The Labute approximate surface area is 107 Å². The number of benzene rings is 1. The second kappa shape index (κ2) is 6.12. The number of hydrogen-bond donors (Lipinski definition) is 1. The monoisotopic (exact) mass is 242 g/mol. The van der Waals surface area contributed by atoms with Crippen LogP contribution in [0.1, 0.15) is 18.2 Å². The summed E-state index contributed by atoms with van der Waals surface area (Å²) >= 11 is 0. The standard InChI is InChI=1S/C14H18N4/c1-2-18(11-12-6-4-3-5-7-12)14-10-16-13(8-15)9-17-14/h3-7,9-10H,2,8,11,15H2,1H3. The third-order valence-corrected chi connectivity index (χ3v) is 2.82. The Morgan fingerprint density at radius 2 is 1.89 bits per heavy atom. The van der Waals surface area contributed by atoms with E-state index in [0.29, 0.717) is 6.54 Å². The summed E-state index contributed by atoms with van der Waals surface area (Å²) in [4.78, 5) is 10.9. The molecule has 2 rings (SSSR count). The predicted octanol–water partition coefficient (Wildman–Crippen LogP) is 1.96. The first kappa shape index (κ1) is 12.5. The van der Waals surface area contributed by atoms with Gasteiger partial charge in [-0.05, 0) is 12.5 Å². The summed E-state index contributed by atoms with van der Waals surface area (Å²) in [5.41, 5.74) is 7.60. The third-order valence-electron chi connectivity index (χ3n) is 2.82. The Hall–Kier alpha value is -1.94. The fourth-order valence-corrected chi connectivity index (χ4v) is 1.78. The molecule has 4 heteroatoms. The molecule has 0 aliphatic carbocycles. The summed E-state index contributed by atoms with van der Waals surface area (Å²) < 4.78 is 0. The number of rotatable bonds is 5. The fourth-order valence-electron chi connectivity index (χ4n) is 1.78. The molecule has 1 aromatic carbocycles. The van der Waals surface area contributed by atoms with Crippen LogP contribution in [0.2, 0.25) is 0 Å². The van der Waals surface area contributed by atoms with Crippen LogP contribution in [0.15, 0.2) is 42.7 Å². The summed E-state index contributed by atoms with van der Waals surface area (Å²) in [6.07, 6.45) is 3.53. The first-order chi connectivity index (χ1) is 8.83. The lowest BCUT2D eigenvalue weighted by molar-refractivity contribution is 0.803. The molecule has 4 nitrogen and oxygen atoms in total. The van der Waals surface area contributed by atoms with Crippen LogP contribution in [0.3, 0.4) is 0 Å². The lowest BCUT2D eigenvalue weighted by atomic mass is 10.2. The van der Waals surface area contributed by atoms with Gasteiger partial charge >= 0.3 is 0 Å². The molecule has 0 fully saturated rings. The van der Waals surface area contributed by atoms with Crippen LogP contribution in [-0.2, 0) is 13.1 Å². The zero-order valence-corrected chi connectivity index (χ0v) is 10.6. The van der Waals surface area contributed by atoms with E-state index in [4.69, 9.17) is 5.73 Å². The molecule has 94 valence electrons. The van der Waals surface area contributed by atoms with Crippen molar-refractivity contribution in [1.29, 1.82) is 0 Å². The molecule has 1 aromatic heterocycles. The smallest absolute Gasteiger partial charge is 0.147 e. The second-order valence-corrected chi connectivity index (χ2v) is 4.07. The molecule has 2 aromatic rings. The highest BCUT2D eigenvalue weighted by Crippen LogP contribution is 2.13. The summed E-state index contributed by atoms with van der Waals surface area (Å²) in [7, 11) is 0. The number of nitrogens with two attached hydrogens (primary N) is 1. The predicted molar refractivity (Wildman–Crippen MR) is 73.1 cm³/mol. The van der Waals surface area contributed by atoms with Gasteiger partial charge in [0.2, 0.25) is 0 Å². The first-order valence-electron chi connectivity index (χ1n) is 6.13. The maximum Gasteiger partial charge on any atom is 0.147 e. The molecule has 0 amide bonds. The van der Waals surface area contributed by atoms with Gasteiger partial charge < -0.3 is 10.6 Å². The molecule has 0 spiro atoms. The van der Waals surface area contributed by atoms with E-state index < -0.39 is 0 Å². The highest BCUT2D eigenvalue weighted by molar-refractivity contribution is 5.37. The largest absolute Gasteiger partial charge is 0.351 e. The molecule has 0 atom stereocenters. The van der Waals surface area contributed by atoms with Gasteiger partial charge in [0.05, 0.1) is 18.1 Å². The van der Waals surface area contributed by atoms with Crippen molar-refractivity contribution in [2.45, 2.75) is 20.0 Å². The highest BCUT2D eigenvalue weighted by Gasteiger charge is 2.06. The van der Waals surface area contributed by atoms with Gasteiger partial charge in [-0.1, -0.05) is 30.3 Å². The summed E-state index contributed by atoms with van der Waals surface area (Å²) in [5, 5.41) is 0. The highest BCUT2D eigenvalue weighted by atomic mass is 15.2. The lowest BCUT2D eigenvalue weighted by Crippen LogP contribution is -2.23. The Bertz CT molecular complexity index is 467. The normalized spacial score (nSPS) is 10.3. The molecule has 1 heterocycles. The molecule has 2 N–H and O–H groups in total.